The van der Waals surface area contributed by atoms with Crippen LogP contribution in [0.2, 0.25) is 0 Å². The Bertz CT molecular complexity index is 878. The van der Waals surface area contributed by atoms with Gasteiger partial charge in [-0.15, -0.1) is 11.3 Å². The maximum Gasteiger partial charge on any atom is 0.252 e. The Morgan fingerprint density at radius 2 is 2.07 bits per heavy atom. The first-order chi connectivity index (χ1) is 12.9. The second-order valence-electron chi connectivity index (χ2n) is 6.63. The number of nitrogens with one attached hydrogen (secondary N) is 1. The predicted octanol–water partition coefficient (Wildman–Crippen LogP) is 3.26. The van der Waals surface area contributed by atoms with Crippen molar-refractivity contribution in [3.05, 3.63) is 46.0 Å². The highest BCUT2D eigenvalue weighted by Crippen LogP contribution is 2.32. The van der Waals surface area contributed by atoms with Crippen LogP contribution in [0.25, 0.3) is 0 Å². The fourth-order valence-corrected chi connectivity index (χ4v) is 6.87. The molecule has 3 heterocycles. The summed E-state index contributed by atoms with van der Waals surface area (Å²) in [5.41, 5.74) is 0.820. The molecule has 1 aliphatic heterocycles. The zero-order valence-electron chi connectivity index (χ0n) is 15.0. The molecule has 0 aromatic carbocycles. The normalized spacial score (nSPS) is 17.6. The van der Waals surface area contributed by atoms with Crippen molar-refractivity contribution in [1.82, 2.24) is 14.6 Å². The maximum atomic E-state index is 12.7. The summed E-state index contributed by atoms with van der Waals surface area (Å²) in [6.45, 7) is 3.21. The average molecular weight is 472 g/mol. The van der Waals surface area contributed by atoms with E-state index in [1.165, 1.54) is 15.6 Å². The lowest BCUT2D eigenvalue weighted by molar-refractivity contribution is -0.126. The zero-order chi connectivity index (χ0) is 19.4. The SMILES string of the molecule is C[C@@H](C(=O)NCc1ccccn1)C1CCN(S(=O)(=O)c2ccc(Br)s2)CC1. The van der Waals surface area contributed by atoms with Crippen LogP contribution in [0, 0.1) is 11.8 Å². The standard InChI is InChI=1S/C18H22BrN3O3S2/c1-13(18(23)21-12-15-4-2-3-9-20-15)14-7-10-22(11-8-14)27(24,25)17-6-5-16(19)26-17/h2-6,9,13-14H,7-8,10-12H2,1H3,(H,21,23)/t13-/m1/s1. The van der Waals surface area contributed by atoms with E-state index in [4.69, 9.17) is 0 Å². The second-order valence-corrected chi connectivity index (χ2v) is 11.3. The van der Waals surface area contributed by atoms with Gasteiger partial charge in [0.2, 0.25) is 5.91 Å². The summed E-state index contributed by atoms with van der Waals surface area (Å²) in [6, 6.07) is 8.98. The van der Waals surface area contributed by atoms with Crippen molar-refractivity contribution in [2.45, 2.75) is 30.5 Å². The predicted molar refractivity (Wildman–Crippen MR) is 109 cm³/mol. The minimum Gasteiger partial charge on any atom is -0.350 e. The number of carbonyl (C=O) groups excluding carboxylic acids is 1. The molecular weight excluding hydrogens is 450 g/mol. The van der Waals surface area contributed by atoms with E-state index in [9.17, 15) is 13.2 Å². The molecule has 27 heavy (non-hydrogen) atoms. The molecule has 0 spiro atoms. The molecule has 146 valence electrons. The molecule has 1 aliphatic rings. The first-order valence-corrected chi connectivity index (χ1v) is 11.9. The van der Waals surface area contributed by atoms with Crippen LogP contribution in [0.4, 0.5) is 0 Å². The number of nitrogens with zero attached hydrogens (tertiary/aromatic N) is 2. The minimum atomic E-state index is -3.44. The van der Waals surface area contributed by atoms with Crippen LogP contribution in [0.3, 0.4) is 0 Å². The van der Waals surface area contributed by atoms with E-state index in [-0.39, 0.29) is 17.7 Å². The largest absolute Gasteiger partial charge is 0.350 e. The molecular formula is C18H22BrN3O3S2. The van der Waals surface area contributed by atoms with E-state index in [0.717, 1.165) is 9.48 Å². The molecule has 3 rings (SSSR count). The van der Waals surface area contributed by atoms with E-state index in [2.05, 4.69) is 26.2 Å². The van der Waals surface area contributed by atoms with Crippen LogP contribution < -0.4 is 5.32 Å². The number of sulfonamides is 1. The molecule has 1 fully saturated rings. The molecule has 2 aromatic heterocycles. The maximum absolute atomic E-state index is 12.7. The molecule has 1 saturated heterocycles. The van der Waals surface area contributed by atoms with E-state index in [1.807, 2.05) is 25.1 Å². The van der Waals surface area contributed by atoms with Crippen molar-refractivity contribution >= 4 is 43.2 Å². The monoisotopic (exact) mass is 471 g/mol. The van der Waals surface area contributed by atoms with E-state index in [0.29, 0.717) is 36.7 Å². The van der Waals surface area contributed by atoms with Gasteiger partial charge >= 0.3 is 0 Å². The van der Waals surface area contributed by atoms with Crippen LogP contribution in [0.5, 0.6) is 0 Å². The Kier molecular flexibility index (Phi) is 6.67. The molecule has 6 nitrogen and oxygen atoms in total. The Morgan fingerprint density at radius 1 is 1.33 bits per heavy atom. The molecule has 2 aromatic rings. The van der Waals surface area contributed by atoms with Crippen LogP contribution in [-0.4, -0.2) is 36.7 Å². The first-order valence-electron chi connectivity index (χ1n) is 8.81. The average Bonchev–Trinajstić information content (AvgIpc) is 3.13. The molecule has 0 bridgehead atoms. The third-order valence-electron chi connectivity index (χ3n) is 4.93. The molecule has 0 radical (unpaired) electrons. The van der Waals surface area contributed by atoms with Gasteiger partial charge in [0.1, 0.15) is 4.21 Å². The van der Waals surface area contributed by atoms with Gasteiger partial charge in [0.05, 0.1) is 16.0 Å². The van der Waals surface area contributed by atoms with Gasteiger partial charge in [-0.3, -0.25) is 9.78 Å². The van der Waals surface area contributed by atoms with Crippen LogP contribution in [0.15, 0.2) is 44.5 Å². The highest BCUT2D eigenvalue weighted by atomic mass is 79.9. The zero-order valence-corrected chi connectivity index (χ0v) is 18.2. The molecule has 0 aliphatic carbocycles. The number of hydrogen-bond acceptors (Lipinski definition) is 5. The number of rotatable bonds is 6. The van der Waals surface area contributed by atoms with Gasteiger partial charge < -0.3 is 5.32 Å². The highest BCUT2D eigenvalue weighted by molar-refractivity contribution is 9.11. The van der Waals surface area contributed by atoms with Crippen molar-refractivity contribution in [3.63, 3.8) is 0 Å². The first kappa shape index (κ1) is 20.4. The van der Waals surface area contributed by atoms with Gasteiger partial charge in [-0.1, -0.05) is 13.0 Å². The number of hydrogen-bond donors (Lipinski definition) is 1. The van der Waals surface area contributed by atoms with E-state index < -0.39 is 10.0 Å². The summed E-state index contributed by atoms with van der Waals surface area (Å²) in [4.78, 5) is 16.6. The van der Waals surface area contributed by atoms with Crippen molar-refractivity contribution < 1.29 is 13.2 Å². The van der Waals surface area contributed by atoms with Crippen molar-refractivity contribution in [1.29, 1.82) is 0 Å². The number of carbonyl (C=O) groups is 1. The molecule has 0 unspecified atom stereocenters. The van der Waals surface area contributed by atoms with Gasteiger partial charge in [0.15, 0.2) is 0 Å². The van der Waals surface area contributed by atoms with Gasteiger partial charge in [-0.25, -0.2) is 8.42 Å². The summed E-state index contributed by atoms with van der Waals surface area (Å²) in [5.74, 6) is 0.00819. The van der Waals surface area contributed by atoms with Crippen molar-refractivity contribution in [2.24, 2.45) is 11.8 Å². The van der Waals surface area contributed by atoms with Crippen LogP contribution >= 0.6 is 27.3 Å². The van der Waals surface area contributed by atoms with Gasteiger partial charge in [-0.05, 0) is 59.0 Å². The van der Waals surface area contributed by atoms with Crippen LogP contribution in [-0.2, 0) is 21.4 Å². The van der Waals surface area contributed by atoms with E-state index in [1.54, 1.807) is 18.3 Å². The Labute approximate surface area is 172 Å². The van der Waals surface area contributed by atoms with Crippen LogP contribution in [0.1, 0.15) is 25.5 Å². The fraction of sp³-hybridized carbons (Fsp3) is 0.444. The number of aromatic nitrogens is 1. The minimum absolute atomic E-state index is 0.0100. The Hall–Kier alpha value is -1.29. The Morgan fingerprint density at radius 3 is 2.67 bits per heavy atom. The highest BCUT2D eigenvalue weighted by Gasteiger charge is 2.34. The fourth-order valence-electron chi connectivity index (χ4n) is 3.24. The lowest BCUT2D eigenvalue weighted by Gasteiger charge is -2.33. The second kappa shape index (κ2) is 8.81. The van der Waals surface area contributed by atoms with Crippen molar-refractivity contribution in [3.8, 4) is 0 Å². The lowest BCUT2D eigenvalue weighted by Crippen LogP contribution is -2.42. The number of piperidine rings is 1. The number of thiophene rings is 1. The number of halogens is 1. The third kappa shape index (κ3) is 4.96. The van der Waals surface area contributed by atoms with Crippen molar-refractivity contribution in [2.75, 3.05) is 13.1 Å². The van der Waals surface area contributed by atoms with Gasteiger partial charge in [-0.2, -0.15) is 4.31 Å². The quantitative estimate of drug-likeness (QED) is 0.700. The summed E-state index contributed by atoms with van der Waals surface area (Å²) in [5, 5.41) is 2.93. The number of pyridine rings is 1. The summed E-state index contributed by atoms with van der Waals surface area (Å²) >= 11 is 4.53. The van der Waals surface area contributed by atoms with E-state index >= 15 is 0 Å². The molecule has 1 amide bonds. The topological polar surface area (TPSA) is 79.4 Å². The smallest absolute Gasteiger partial charge is 0.252 e. The summed E-state index contributed by atoms with van der Waals surface area (Å²) < 4.78 is 28.1. The molecule has 1 N–H and O–H groups in total. The Balaban J connectivity index is 1.53. The lowest BCUT2D eigenvalue weighted by atomic mass is 9.85. The summed E-state index contributed by atoms with van der Waals surface area (Å²) in [7, 11) is -3.44. The summed E-state index contributed by atoms with van der Waals surface area (Å²) in [6.07, 6.45) is 3.07. The molecule has 9 heteroatoms. The van der Waals surface area contributed by atoms with Gasteiger partial charge in [0, 0.05) is 25.2 Å². The molecule has 0 saturated carbocycles. The van der Waals surface area contributed by atoms with Gasteiger partial charge in [0.25, 0.3) is 10.0 Å². The molecule has 1 atom stereocenters. The third-order valence-corrected chi connectivity index (χ3v) is 8.92. The number of amides is 1.